The average molecular weight is 224 g/mol. The van der Waals surface area contributed by atoms with Crippen LogP contribution in [0.15, 0.2) is 0 Å². The van der Waals surface area contributed by atoms with E-state index in [4.69, 9.17) is 5.73 Å². The van der Waals surface area contributed by atoms with E-state index in [9.17, 15) is 4.79 Å². The molecule has 92 valence electrons. The highest BCUT2D eigenvalue weighted by atomic mass is 16.2. The molecule has 3 heteroatoms. The molecule has 2 aliphatic rings. The minimum atomic E-state index is 0.205. The maximum atomic E-state index is 12.4. The van der Waals surface area contributed by atoms with Crippen molar-refractivity contribution in [1.82, 2.24) is 4.90 Å². The van der Waals surface area contributed by atoms with E-state index < -0.39 is 0 Å². The SMILES string of the molecule is CC(C)N(CC1CC1)C(=O)C1CCC(N)C1. The Morgan fingerprint density at radius 2 is 2.00 bits per heavy atom. The summed E-state index contributed by atoms with van der Waals surface area (Å²) in [5.74, 6) is 1.34. The zero-order valence-corrected chi connectivity index (χ0v) is 10.5. The largest absolute Gasteiger partial charge is 0.340 e. The quantitative estimate of drug-likeness (QED) is 0.791. The molecule has 0 spiro atoms. The van der Waals surface area contributed by atoms with Crippen LogP contribution in [0.25, 0.3) is 0 Å². The maximum absolute atomic E-state index is 12.4. The fourth-order valence-corrected chi connectivity index (χ4v) is 2.61. The second kappa shape index (κ2) is 4.74. The summed E-state index contributed by atoms with van der Waals surface area (Å²) >= 11 is 0. The molecule has 0 bridgehead atoms. The first-order chi connectivity index (χ1) is 7.58. The highest BCUT2D eigenvalue weighted by molar-refractivity contribution is 5.79. The van der Waals surface area contributed by atoms with Crippen molar-refractivity contribution in [2.75, 3.05) is 6.54 Å². The minimum Gasteiger partial charge on any atom is -0.340 e. The van der Waals surface area contributed by atoms with E-state index in [1.165, 1.54) is 12.8 Å². The van der Waals surface area contributed by atoms with E-state index >= 15 is 0 Å². The van der Waals surface area contributed by atoms with Crippen molar-refractivity contribution < 1.29 is 4.79 Å². The molecule has 3 nitrogen and oxygen atoms in total. The highest BCUT2D eigenvalue weighted by Crippen LogP contribution is 2.32. The van der Waals surface area contributed by atoms with Gasteiger partial charge >= 0.3 is 0 Å². The lowest BCUT2D eigenvalue weighted by Crippen LogP contribution is -2.42. The van der Waals surface area contributed by atoms with Crippen LogP contribution in [0.5, 0.6) is 0 Å². The van der Waals surface area contributed by atoms with Crippen molar-refractivity contribution >= 4 is 5.91 Å². The summed E-state index contributed by atoms with van der Waals surface area (Å²) in [4.78, 5) is 14.4. The van der Waals surface area contributed by atoms with Crippen LogP contribution in [0.2, 0.25) is 0 Å². The van der Waals surface area contributed by atoms with Gasteiger partial charge in [0.15, 0.2) is 0 Å². The number of carbonyl (C=O) groups excluding carboxylic acids is 1. The van der Waals surface area contributed by atoms with E-state index in [-0.39, 0.29) is 12.0 Å². The van der Waals surface area contributed by atoms with Crippen molar-refractivity contribution in [3.63, 3.8) is 0 Å². The van der Waals surface area contributed by atoms with Crippen LogP contribution < -0.4 is 5.73 Å². The Hall–Kier alpha value is -0.570. The first-order valence-electron chi connectivity index (χ1n) is 6.64. The van der Waals surface area contributed by atoms with Crippen LogP contribution in [0.3, 0.4) is 0 Å². The van der Waals surface area contributed by atoms with Gasteiger partial charge in [0.2, 0.25) is 5.91 Å². The molecule has 2 saturated carbocycles. The van der Waals surface area contributed by atoms with Crippen molar-refractivity contribution in [2.24, 2.45) is 17.6 Å². The Morgan fingerprint density at radius 1 is 1.31 bits per heavy atom. The molecule has 2 rings (SSSR count). The van der Waals surface area contributed by atoms with Gasteiger partial charge in [0.1, 0.15) is 0 Å². The molecule has 16 heavy (non-hydrogen) atoms. The number of rotatable bonds is 4. The molecule has 2 atom stereocenters. The molecule has 2 fully saturated rings. The lowest BCUT2D eigenvalue weighted by molar-refractivity contribution is -0.137. The third-order valence-corrected chi connectivity index (χ3v) is 3.88. The maximum Gasteiger partial charge on any atom is 0.225 e. The lowest BCUT2D eigenvalue weighted by Gasteiger charge is -2.29. The van der Waals surface area contributed by atoms with Gasteiger partial charge in [0, 0.05) is 24.5 Å². The van der Waals surface area contributed by atoms with Gasteiger partial charge in [-0.2, -0.15) is 0 Å². The molecule has 2 aliphatic carbocycles. The highest BCUT2D eigenvalue weighted by Gasteiger charge is 2.34. The van der Waals surface area contributed by atoms with Crippen molar-refractivity contribution in [2.45, 2.75) is 58.0 Å². The van der Waals surface area contributed by atoms with E-state index in [1.54, 1.807) is 0 Å². The number of hydrogen-bond donors (Lipinski definition) is 1. The van der Waals surface area contributed by atoms with E-state index in [1.807, 2.05) is 0 Å². The molecule has 0 aliphatic heterocycles. The molecule has 2 N–H and O–H groups in total. The fraction of sp³-hybridized carbons (Fsp3) is 0.923. The van der Waals surface area contributed by atoms with E-state index in [0.717, 1.165) is 31.7 Å². The molecule has 0 aromatic rings. The van der Waals surface area contributed by atoms with Crippen molar-refractivity contribution in [3.8, 4) is 0 Å². The van der Waals surface area contributed by atoms with Gasteiger partial charge in [-0.25, -0.2) is 0 Å². The predicted octanol–water partition coefficient (Wildman–Crippen LogP) is 1.76. The zero-order chi connectivity index (χ0) is 11.7. The fourth-order valence-electron chi connectivity index (χ4n) is 2.61. The molecule has 0 heterocycles. The Labute approximate surface area is 98.4 Å². The molecule has 0 radical (unpaired) electrons. The first-order valence-corrected chi connectivity index (χ1v) is 6.64. The number of nitrogens with two attached hydrogens (primary N) is 1. The number of hydrogen-bond acceptors (Lipinski definition) is 2. The summed E-state index contributed by atoms with van der Waals surface area (Å²) in [7, 11) is 0. The van der Waals surface area contributed by atoms with E-state index in [0.29, 0.717) is 11.9 Å². The average Bonchev–Trinajstić information content (AvgIpc) is 2.95. The first kappa shape index (κ1) is 11.9. The van der Waals surface area contributed by atoms with Gasteiger partial charge in [-0.3, -0.25) is 4.79 Å². The Kier molecular flexibility index (Phi) is 3.53. The molecule has 1 amide bonds. The summed E-state index contributed by atoms with van der Waals surface area (Å²) in [6.07, 6.45) is 5.52. The second-order valence-electron chi connectivity index (χ2n) is 5.80. The number of nitrogens with zero attached hydrogens (tertiary/aromatic N) is 1. The number of carbonyl (C=O) groups is 1. The van der Waals surface area contributed by atoms with Gasteiger partial charge < -0.3 is 10.6 Å². The molecule has 0 aromatic carbocycles. The molecular weight excluding hydrogens is 200 g/mol. The van der Waals surface area contributed by atoms with Crippen LogP contribution in [0.1, 0.15) is 46.0 Å². The second-order valence-corrected chi connectivity index (χ2v) is 5.80. The van der Waals surface area contributed by atoms with Crippen molar-refractivity contribution in [1.29, 1.82) is 0 Å². The lowest BCUT2D eigenvalue weighted by atomic mass is 10.0. The van der Waals surface area contributed by atoms with E-state index in [2.05, 4.69) is 18.7 Å². The minimum absolute atomic E-state index is 0.205. The Bertz CT molecular complexity index is 261. The van der Waals surface area contributed by atoms with Crippen molar-refractivity contribution in [3.05, 3.63) is 0 Å². The normalized spacial score (nSPS) is 29.8. The topological polar surface area (TPSA) is 46.3 Å². The molecule has 0 saturated heterocycles. The third kappa shape index (κ3) is 2.76. The van der Waals surface area contributed by atoms with Crippen LogP contribution in [0.4, 0.5) is 0 Å². The summed E-state index contributed by atoms with van der Waals surface area (Å²) in [6.45, 7) is 5.21. The van der Waals surface area contributed by atoms with Gasteiger partial charge in [0.25, 0.3) is 0 Å². The van der Waals surface area contributed by atoms with Gasteiger partial charge in [0.05, 0.1) is 0 Å². The Balaban J connectivity index is 1.93. The van der Waals surface area contributed by atoms with Crippen LogP contribution in [-0.4, -0.2) is 29.4 Å². The summed E-state index contributed by atoms with van der Waals surface area (Å²) in [5.41, 5.74) is 5.88. The third-order valence-electron chi connectivity index (χ3n) is 3.88. The van der Waals surface area contributed by atoms with Crippen LogP contribution in [0, 0.1) is 11.8 Å². The number of amides is 1. The summed E-state index contributed by atoms with van der Waals surface area (Å²) in [6, 6.07) is 0.591. The van der Waals surface area contributed by atoms with Gasteiger partial charge in [-0.1, -0.05) is 0 Å². The van der Waals surface area contributed by atoms with Gasteiger partial charge in [-0.15, -0.1) is 0 Å². The summed E-state index contributed by atoms with van der Waals surface area (Å²) < 4.78 is 0. The molecular formula is C13H24N2O. The smallest absolute Gasteiger partial charge is 0.225 e. The Morgan fingerprint density at radius 3 is 2.44 bits per heavy atom. The molecule has 0 aromatic heterocycles. The zero-order valence-electron chi connectivity index (χ0n) is 10.5. The molecule has 2 unspecified atom stereocenters. The van der Waals surface area contributed by atoms with Gasteiger partial charge in [-0.05, 0) is 51.9 Å². The predicted molar refractivity (Wildman–Crippen MR) is 64.9 cm³/mol. The summed E-state index contributed by atoms with van der Waals surface area (Å²) in [5, 5.41) is 0. The standard InChI is InChI=1S/C13H24N2O/c1-9(2)15(8-10-3-4-10)13(16)11-5-6-12(14)7-11/h9-12H,3-8,14H2,1-2H3. The monoisotopic (exact) mass is 224 g/mol. The van der Waals surface area contributed by atoms with Crippen LogP contribution >= 0.6 is 0 Å². The van der Waals surface area contributed by atoms with Crippen LogP contribution in [-0.2, 0) is 4.79 Å².